The molecule has 0 rings (SSSR count). The van der Waals surface area contributed by atoms with E-state index in [1.54, 1.807) is 6.92 Å². The van der Waals surface area contributed by atoms with Gasteiger partial charge in [0, 0.05) is 0 Å². The molecule has 0 saturated carbocycles. The largest absolute Gasteiger partial charge is 0.207 e. The molecule has 0 radical (unpaired) electrons. The Morgan fingerprint density at radius 2 is 1.73 bits per heavy atom. The molecular weight excluding hydrogens is 187 g/mol. The van der Waals surface area contributed by atoms with Crippen molar-refractivity contribution in [3.05, 3.63) is 36.2 Å². The quantitative estimate of drug-likeness (QED) is 0.538. The van der Waals surface area contributed by atoms with E-state index in [4.69, 9.17) is 0 Å². The van der Waals surface area contributed by atoms with Crippen molar-refractivity contribution in [1.29, 1.82) is 0 Å². The molecule has 0 aliphatic rings. The van der Waals surface area contributed by atoms with Crippen LogP contribution in [0.5, 0.6) is 0 Å². The van der Waals surface area contributed by atoms with E-state index in [0.29, 0.717) is 17.4 Å². The summed E-state index contributed by atoms with van der Waals surface area (Å²) in [6.45, 7) is 15.6. The number of halogens is 1. The van der Waals surface area contributed by atoms with Gasteiger partial charge < -0.3 is 0 Å². The van der Waals surface area contributed by atoms with Crippen LogP contribution >= 0.6 is 0 Å². The number of hydrogen-bond donors (Lipinski definition) is 0. The first-order valence-electron chi connectivity index (χ1n) is 5.56. The summed E-state index contributed by atoms with van der Waals surface area (Å²) in [7, 11) is 0. The second-order valence-corrected chi connectivity index (χ2v) is 4.72. The Balaban J connectivity index is 4.21. The Bertz CT molecular complexity index is 259. The summed E-state index contributed by atoms with van der Waals surface area (Å²) in [6.07, 6.45) is 3.73. The van der Waals surface area contributed by atoms with E-state index in [1.165, 1.54) is 6.08 Å². The van der Waals surface area contributed by atoms with Crippen molar-refractivity contribution in [1.82, 2.24) is 0 Å². The van der Waals surface area contributed by atoms with Gasteiger partial charge in [-0.05, 0) is 42.4 Å². The Hall–Kier alpha value is -0.850. The average Bonchev–Trinajstić information content (AvgIpc) is 2.13. The van der Waals surface area contributed by atoms with Gasteiger partial charge in [-0.25, -0.2) is 4.39 Å². The molecule has 0 spiro atoms. The first-order chi connectivity index (χ1) is 6.84. The second kappa shape index (κ2) is 6.60. The highest BCUT2D eigenvalue weighted by Gasteiger charge is 2.07. The van der Waals surface area contributed by atoms with Crippen LogP contribution in [0.15, 0.2) is 36.2 Å². The Morgan fingerprint density at radius 3 is 2.13 bits per heavy atom. The van der Waals surface area contributed by atoms with Crippen molar-refractivity contribution in [3.63, 3.8) is 0 Å². The summed E-state index contributed by atoms with van der Waals surface area (Å²) in [5, 5.41) is 0. The van der Waals surface area contributed by atoms with Gasteiger partial charge in [-0.3, -0.25) is 0 Å². The van der Waals surface area contributed by atoms with Gasteiger partial charge in [-0.15, -0.1) is 0 Å². The lowest BCUT2D eigenvalue weighted by molar-refractivity contribution is 0.493. The molecule has 0 amide bonds. The van der Waals surface area contributed by atoms with Crippen molar-refractivity contribution >= 4 is 0 Å². The summed E-state index contributed by atoms with van der Waals surface area (Å²) in [5.74, 6) is 0.782. The van der Waals surface area contributed by atoms with Crippen molar-refractivity contribution in [3.8, 4) is 0 Å². The molecule has 0 bridgehead atoms. The van der Waals surface area contributed by atoms with E-state index in [1.807, 2.05) is 0 Å². The van der Waals surface area contributed by atoms with E-state index in [9.17, 15) is 4.39 Å². The maximum atomic E-state index is 13.2. The first-order valence-corrected chi connectivity index (χ1v) is 5.56. The Kier molecular flexibility index (Phi) is 6.23. The summed E-state index contributed by atoms with van der Waals surface area (Å²) in [6, 6.07) is 0. The highest BCUT2D eigenvalue weighted by molar-refractivity contribution is 5.29. The molecule has 86 valence electrons. The summed E-state index contributed by atoms with van der Waals surface area (Å²) in [5.41, 5.74) is 1.32. The SMILES string of the molecule is C=C(C)/C(F)=C\C(=C)C(C)CCC(C)C. The van der Waals surface area contributed by atoms with E-state index in [2.05, 4.69) is 33.9 Å². The lowest BCUT2D eigenvalue weighted by atomic mass is 9.93. The van der Waals surface area contributed by atoms with Gasteiger partial charge in [0.25, 0.3) is 0 Å². The molecule has 0 aliphatic heterocycles. The van der Waals surface area contributed by atoms with Gasteiger partial charge in [0.05, 0.1) is 0 Å². The number of rotatable bonds is 6. The molecule has 0 nitrogen and oxygen atoms in total. The fraction of sp³-hybridized carbons (Fsp3) is 0.571. The summed E-state index contributed by atoms with van der Waals surface area (Å²) < 4.78 is 13.2. The molecule has 0 aliphatic carbocycles. The third-order valence-electron chi connectivity index (χ3n) is 2.53. The van der Waals surface area contributed by atoms with Crippen LogP contribution in [0.25, 0.3) is 0 Å². The second-order valence-electron chi connectivity index (χ2n) is 4.72. The highest BCUT2D eigenvalue weighted by atomic mass is 19.1. The van der Waals surface area contributed by atoms with Gasteiger partial charge in [0.2, 0.25) is 0 Å². The summed E-state index contributed by atoms with van der Waals surface area (Å²) >= 11 is 0. The minimum absolute atomic E-state index is 0.253. The number of hydrogen-bond acceptors (Lipinski definition) is 0. The fourth-order valence-corrected chi connectivity index (χ4v) is 1.20. The first kappa shape index (κ1) is 14.2. The van der Waals surface area contributed by atoms with E-state index in [-0.39, 0.29) is 5.83 Å². The minimum Gasteiger partial charge on any atom is -0.207 e. The minimum atomic E-state index is -0.253. The zero-order chi connectivity index (χ0) is 12.0. The smallest absolute Gasteiger partial charge is 0.125 e. The maximum absolute atomic E-state index is 13.2. The van der Waals surface area contributed by atoms with Crippen LogP contribution in [-0.4, -0.2) is 0 Å². The normalized spacial score (nSPS) is 14.1. The van der Waals surface area contributed by atoms with Gasteiger partial charge in [0.1, 0.15) is 5.83 Å². The van der Waals surface area contributed by atoms with Gasteiger partial charge in [-0.1, -0.05) is 40.3 Å². The molecule has 15 heavy (non-hydrogen) atoms. The zero-order valence-electron chi connectivity index (χ0n) is 10.4. The molecule has 1 unspecified atom stereocenters. The van der Waals surface area contributed by atoms with Crippen LogP contribution in [0.3, 0.4) is 0 Å². The lowest BCUT2D eigenvalue weighted by Gasteiger charge is -2.13. The van der Waals surface area contributed by atoms with Gasteiger partial charge in [0.15, 0.2) is 0 Å². The third kappa shape index (κ3) is 6.27. The molecule has 0 fully saturated rings. The van der Waals surface area contributed by atoms with E-state index < -0.39 is 0 Å². The standard InChI is InChI=1S/C14H23F/c1-10(2)7-8-12(5)13(6)9-14(15)11(3)4/h9-10,12H,3,6-8H2,1-2,4-5H3/b14-9+. The predicted octanol–water partition coefficient (Wildman–Crippen LogP) is 5.04. The van der Waals surface area contributed by atoms with Crippen LogP contribution in [0.4, 0.5) is 4.39 Å². The topological polar surface area (TPSA) is 0 Å². The molecular formula is C14H23F. The van der Waals surface area contributed by atoms with Crippen LogP contribution in [0.1, 0.15) is 40.5 Å². The van der Waals surface area contributed by atoms with Crippen LogP contribution in [-0.2, 0) is 0 Å². The van der Waals surface area contributed by atoms with Crippen LogP contribution < -0.4 is 0 Å². The van der Waals surface area contributed by atoms with Crippen molar-refractivity contribution < 1.29 is 4.39 Å². The van der Waals surface area contributed by atoms with Gasteiger partial charge >= 0.3 is 0 Å². The lowest BCUT2D eigenvalue weighted by Crippen LogP contribution is -1.99. The van der Waals surface area contributed by atoms with Crippen LogP contribution in [0.2, 0.25) is 0 Å². The molecule has 0 aromatic rings. The van der Waals surface area contributed by atoms with Crippen molar-refractivity contribution in [2.24, 2.45) is 11.8 Å². The Labute approximate surface area is 93.6 Å². The molecule has 1 heteroatoms. The molecule has 0 heterocycles. The van der Waals surface area contributed by atoms with E-state index in [0.717, 1.165) is 18.4 Å². The highest BCUT2D eigenvalue weighted by Crippen LogP contribution is 2.21. The third-order valence-corrected chi connectivity index (χ3v) is 2.53. The predicted molar refractivity (Wildman–Crippen MR) is 66.4 cm³/mol. The van der Waals surface area contributed by atoms with E-state index >= 15 is 0 Å². The monoisotopic (exact) mass is 210 g/mol. The van der Waals surface area contributed by atoms with Gasteiger partial charge in [-0.2, -0.15) is 0 Å². The molecule has 0 saturated heterocycles. The van der Waals surface area contributed by atoms with Crippen LogP contribution in [0, 0.1) is 11.8 Å². The molecule has 1 atom stereocenters. The Morgan fingerprint density at radius 1 is 1.20 bits per heavy atom. The maximum Gasteiger partial charge on any atom is 0.125 e. The summed E-state index contributed by atoms with van der Waals surface area (Å²) in [4.78, 5) is 0. The zero-order valence-corrected chi connectivity index (χ0v) is 10.4. The number of allylic oxidation sites excluding steroid dienone is 4. The average molecular weight is 210 g/mol. The van der Waals surface area contributed by atoms with Crippen molar-refractivity contribution in [2.45, 2.75) is 40.5 Å². The fourth-order valence-electron chi connectivity index (χ4n) is 1.20. The van der Waals surface area contributed by atoms with Crippen molar-refractivity contribution in [2.75, 3.05) is 0 Å². The molecule has 0 aromatic carbocycles. The molecule has 0 N–H and O–H groups in total. The molecule has 0 aromatic heterocycles.